The summed E-state index contributed by atoms with van der Waals surface area (Å²) in [5.74, 6) is 2.50. The molecule has 1 saturated carbocycles. The van der Waals surface area contributed by atoms with E-state index in [1.54, 1.807) is 4.90 Å². The molecule has 0 unspecified atom stereocenters. The molecule has 0 aromatic carbocycles. The average Bonchev–Trinajstić information content (AvgIpc) is 3.16. The van der Waals surface area contributed by atoms with Gasteiger partial charge in [0.15, 0.2) is 5.89 Å². The number of aromatic amines is 2. The average molecular weight is 331 g/mol. The number of oxazole rings is 1. The molecule has 4 rings (SSSR count). The van der Waals surface area contributed by atoms with Crippen LogP contribution in [-0.4, -0.2) is 44.1 Å². The smallest absolute Gasteiger partial charge is 0.340 e. The largest absolute Gasteiger partial charge is 0.435 e. The van der Waals surface area contributed by atoms with E-state index in [0.717, 1.165) is 19.3 Å². The molecular formula is C16H21N5O3. The molecule has 8 heteroatoms. The second-order valence-corrected chi connectivity index (χ2v) is 6.80. The molecule has 3 heterocycles. The van der Waals surface area contributed by atoms with Crippen LogP contribution in [0.1, 0.15) is 59.6 Å². The first-order chi connectivity index (χ1) is 11.6. The molecule has 24 heavy (non-hydrogen) atoms. The molecule has 0 bridgehead atoms. The van der Waals surface area contributed by atoms with Crippen molar-refractivity contribution in [1.82, 2.24) is 25.1 Å². The molecule has 2 aliphatic rings. The number of aromatic nitrogens is 4. The highest BCUT2D eigenvalue weighted by molar-refractivity contribution is 5.92. The van der Waals surface area contributed by atoms with Gasteiger partial charge in [-0.2, -0.15) is 5.10 Å². The summed E-state index contributed by atoms with van der Waals surface area (Å²) in [6, 6.07) is 0. The maximum Gasteiger partial charge on any atom is 0.340 e. The maximum absolute atomic E-state index is 12.7. The third-order valence-corrected chi connectivity index (χ3v) is 4.88. The van der Waals surface area contributed by atoms with Gasteiger partial charge in [0.2, 0.25) is 5.76 Å². The molecule has 8 nitrogen and oxygen atoms in total. The van der Waals surface area contributed by atoms with Gasteiger partial charge in [0.25, 0.3) is 5.91 Å². The van der Waals surface area contributed by atoms with Gasteiger partial charge in [-0.3, -0.25) is 9.78 Å². The number of hydrogen-bond donors (Lipinski definition) is 2. The number of nitrogens with one attached hydrogen (secondary N) is 2. The molecule has 1 saturated heterocycles. The van der Waals surface area contributed by atoms with Crippen molar-refractivity contribution in [3.8, 4) is 0 Å². The number of amides is 1. The molecule has 128 valence electrons. The quantitative estimate of drug-likeness (QED) is 0.879. The van der Waals surface area contributed by atoms with E-state index in [-0.39, 0.29) is 17.5 Å². The van der Waals surface area contributed by atoms with E-state index in [2.05, 4.69) is 20.2 Å². The van der Waals surface area contributed by atoms with E-state index in [1.165, 1.54) is 12.8 Å². The molecule has 0 radical (unpaired) electrons. The fourth-order valence-corrected chi connectivity index (χ4v) is 3.28. The van der Waals surface area contributed by atoms with Crippen molar-refractivity contribution >= 4 is 5.91 Å². The predicted molar refractivity (Wildman–Crippen MR) is 84.8 cm³/mol. The summed E-state index contributed by atoms with van der Waals surface area (Å²) in [7, 11) is 0. The Morgan fingerprint density at radius 2 is 2.04 bits per heavy atom. The number of carbonyl (C=O) groups is 1. The lowest BCUT2D eigenvalue weighted by molar-refractivity contribution is 0.0676. The minimum atomic E-state index is -0.288. The van der Waals surface area contributed by atoms with Gasteiger partial charge < -0.3 is 9.32 Å². The van der Waals surface area contributed by atoms with E-state index in [4.69, 9.17) is 4.42 Å². The minimum Gasteiger partial charge on any atom is -0.435 e. The van der Waals surface area contributed by atoms with E-state index < -0.39 is 0 Å². The molecule has 1 aliphatic carbocycles. The molecule has 2 aromatic rings. The van der Waals surface area contributed by atoms with Crippen LogP contribution in [0.5, 0.6) is 0 Å². The molecular weight excluding hydrogens is 310 g/mol. The molecule has 1 amide bonds. The van der Waals surface area contributed by atoms with E-state index in [1.807, 2.05) is 6.92 Å². The number of carbonyl (C=O) groups excluding carboxylic acids is 1. The van der Waals surface area contributed by atoms with Gasteiger partial charge in [0, 0.05) is 25.4 Å². The van der Waals surface area contributed by atoms with Crippen molar-refractivity contribution in [2.45, 2.75) is 44.9 Å². The van der Waals surface area contributed by atoms with Crippen molar-refractivity contribution in [1.29, 1.82) is 0 Å². The van der Waals surface area contributed by atoms with E-state index in [9.17, 15) is 9.59 Å². The van der Waals surface area contributed by atoms with Crippen LogP contribution >= 0.6 is 0 Å². The summed E-state index contributed by atoms with van der Waals surface area (Å²) in [5.41, 5.74) is 0.387. The van der Waals surface area contributed by atoms with Crippen LogP contribution in [0.25, 0.3) is 0 Å². The zero-order valence-electron chi connectivity index (χ0n) is 13.7. The van der Waals surface area contributed by atoms with Crippen LogP contribution in [-0.2, 0) is 6.42 Å². The summed E-state index contributed by atoms with van der Waals surface area (Å²) in [6.07, 6.45) is 4.84. The van der Waals surface area contributed by atoms with Crippen molar-refractivity contribution in [2.75, 3.05) is 13.1 Å². The van der Waals surface area contributed by atoms with Gasteiger partial charge in [-0.05, 0) is 38.5 Å². The lowest BCUT2D eigenvalue weighted by atomic mass is 9.96. The number of rotatable bonds is 4. The van der Waals surface area contributed by atoms with Gasteiger partial charge in [-0.1, -0.05) is 0 Å². The van der Waals surface area contributed by atoms with Gasteiger partial charge in [-0.25, -0.2) is 14.9 Å². The summed E-state index contributed by atoms with van der Waals surface area (Å²) >= 11 is 0. The van der Waals surface area contributed by atoms with Gasteiger partial charge in [-0.15, -0.1) is 0 Å². The number of piperidine rings is 1. The Labute approximate surface area is 138 Å². The topological polar surface area (TPSA) is 108 Å². The highest BCUT2D eigenvalue weighted by Gasteiger charge is 2.30. The SMILES string of the molecule is Cc1nc(CC2CC2)oc1C(=O)N1CCC(c2n[nH]c(=O)[nH]2)CC1. The van der Waals surface area contributed by atoms with Gasteiger partial charge in [0.1, 0.15) is 5.82 Å². The van der Waals surface area contributed by atoms with E-state index >= 15 is 0 Å². The Balaban J connectivity index is 1.40. The Hall–Kier alpha value is -2.38. The van der Waals surface area contributed by atoms with Gasteiger partial charge in [0.05, 0.1) is 5.69 Å². The van der Waals surface area contributed by atoms with Crippen molar-refractivity contribution in [3.05, 3.63) is 33.7 Å². The van der Waals surface area contributed by atoms with Crippen LogP contribution in [0.3, 0.4) is 0 Å². The predicted octanol–water partition coefficient (Wildman–Crippen LogP) is 1.37. The van der Waals surface area contributed by atoms with Crippen LogP contribution in [0, 0.1) is 12.8 Å². The minimum absolute atomic E-state index is 0.0870. The maximum atomic E-state index is 12.7. The normalized spacial score (nSPS) is 19.0. The third-order valence-electron chi connectivity index (χ3n) is 4.88. The van der Waals surface area contributed by atoms with Crippen molar-refractivity contribution in [2.24, 2.45) is 5.92 Å². The van der Waals surface area contributed by atoms with Crippen molar-refractivity contribution in [3.63, 3.8) is 0 Å². The Morgan fingerprint density at radius 3 is 2.67 bits per heavy atom. The number of aryl methyl sites for hydroxylation is 1. The van der Waals surface area contributed by atoms with Crippen LogP contribution in [0.15, 0.2) is 9.21 Å². The van der Waals surface area contributed by atoms with Crippen LogP contribution < -0.4 is 5.69 Å². The Bertz CT molecular complexity index is 793. The number of hydrogen-bond acceptors (Lipinski definition) is 5. The molecule has 0 atom stereocenters. The summed E-state index contributed by atoms with van der Waals surface area (Å²) in [4.78, 5) is 32.8. The number of nitrogens with zero attached hydrogens (tertiary/aromatic N) is 3. The number of H-pyrrole nitrogens is 2. The third kappa shape index (κ3) is 3.00. The monoisotopic (exact) mass is 331 g/mol. The first-order valence-corrected chi connectivity index (χ1v) is 8.50. The first-order valence-electron chi connectivity index (χ1n) is 8.50. The highest BCUT2D eigenvalue weighted by atomic mass is 16.4. The van der Waals surface area contributed by atoms with Crippen LogP contribution in [0.2, 0.25) is 0 Å². The summed E-state index contributed by atoms with van der Waals surface area (Å²) in [6.45, 7) is 3.07. The first kappa shape index (κ1) is 15.2. The zero-order valence-corrected chi connectivity index (χ0v) is 13.7. The second-order valence-electron chi connectivity index (χ2n) is 6.80. The van der Waals surface area contributed by atoms with Crippen molar-refractivity contribution < 1.29 is 9.21 Å². The lowest BCUT2D eigenvalue weighted by Gasteiger charge is -2.30. The fourth-order valence-electron chi connectivity index (χ4n) is 3.28. The zero-order chi connectivity index (χ0) is 16.7. The highest BCUT2D eigenvalue weighted by Crippen LogP contribution is 2.33. The molecule has 2 N–H and O–H groups in total. The lowest BCUT2D eigenvalue weighted by Crippen LogP contribution is -2.38. The fraction of sp³-hybridized carbons (Fsp3) is 0.625. The van der Waals surface area contributed by atoms with Crippen LogP contribution in [0.4, 0.5) is 0 Å². The van der Waals surface area contributed by atoms with Gasteiger partial charge >= 0.3 is 5.69 Å². The summed E-state index contributed by atoms with van der Waals surface area (Å²) in [5, 5.41) is 6.39. The molecule has 2 fully saturated rings. The second kappa shape index (κ2) is 5.92. The van der Waals surface area contributed by atoms with E-state index in [0.29, 0.717) is 42.2 Å². The summed E-state index contributed by atoms with van der Waals surface area (Å²) < 4.78 is 5.73. The number of likely N-dealkylation sites (tertiary alicyclic amines) is 1. The Morgan fingerprint density at radius 1 is 1.29 bits per heavy atom. The molecule has 0 spiro atoms. The molecule has 2 aromatic heterocycles. The Kier molecular flexibility index (Phi) is 3.74. The standard InChI is InChI=1S/C16H21N5O3/c1-9-13(24-12(17-9)8-10-2-3-10)15(22)21-6-4-11(5-7-21)14-18-16(23)20-19-14/h10-11H,2-8H2,1H3,(H2,18,19,20,23). The molecule has 1 aliphatic heterocycles.